The van der Waals surface area contributed by atoms with Gasteiger partial charge in [0.1, 0.15) is 5.75 Å². The molecule has 1 atom stereocenters. The van der Waals surface area contributed by atoms with E-state index < -0.39 is 7.82 Å². The first kappa shape index (κ1) is 12.8. The largest absolute Gasteiger partial charge is 0.527 e. The van der Waals surface area contributed by atoms with Crippen LogP contribution in [0.3, 0.4) is 0 Å². The standard InChI is InChI=1S/C13H13O4P/c1-16-18(14,15)17-13-10-6-5-9-12(13)11-7-3-2-4-8-11/h2-10H,1H3,(H,14,15). The molecule has 0 aromatic heterocycles. The fraction of sp³-hybridized carbons (Fsp3) is 0.0769. The van der Waals surface area contributed by atoms with Crippen molar-refractivity contribution in [1.29, 1.82) is 0 Å². The molecule has 4 nitrogen and oxygen atoms in total. The summed E-state index contributed by atoms with van der Waals surface area (Å²) in [5.74, 6) is 0.316. The van der Waals surface area contributed by atoms with Crippen LogP contribution in [-0.4, -0.2) is 12.0 Å². The molecule has 2 aromatic carbocycles. The van der Waals surface area contributed by atoms with E-state index in [9.17, 15) is 9.46 Å². The molecule has 0 fully saturated rings. The maximum atomic E-state index is 11.4. The van der Waals surface area contributed by atoms with Gasteiger partial charge in [0.25, 0.3) is 0 Å². The number of hydrogen-bond acceptors (Lipinski definition) is 3. The first-order chi connectivity index (χ1) is 8.62. The van der Waals surface area contributed by atoms with Gasteiger partial charge in [-0.25, -0.2) is 4.57 Å². The number of phosphoric ester groups is 1. The zero-order valence-electron chi connectivity index (χ0n) is 9.82. The third kappa shape index (κ3) is 2.99. The van der Waals surface area contributed by atoms with Crippen molar-refractivity contribution in [3.05, 3.63) is 54.6 Å². The number of para-hydroxylation sites is 1. The Hall–Kier alpha value is -1.61. The molecule has 0 aliphatic rings. The number of rotatable bonds is 4. The Morgan fingerprint density at radius 2 is 1.61 bits per heavy atom. The summed E-state index contributed by atoms with van der Waals surface area (Å²) < 4.78 is 20.9. The number of benzene rings is 2. The smallest absolute Gasteiger partial charge is 0.403 e. The Bertz CT molecular complexity index is 568. The van der Waals surface area contributed by atoms with Crippen LogP contribution in [0.15, 0.2) is 54.6 Å². The quantitative estimate of drug-likeness (QED) is 0.859. The Labute approximate surface area is 105 Å². The molecule has 18 heavy (non-hydrogen) atoms. The van der Waals surface area contributed by atoms with Crippen molar-refractivity contribution in [2.75, 3.05) is 7.11 Å². The first-order valence-electron chi connectivity index (χ1n) is 5.35. The van der Waals surface area contributed by atoms with E-state index in [0.29, 0.717) is 5.75 Å². The Balaban J connectivity index is 2.41. The van der Waals surface area contributed by atoms with Crippen LogP contribution in [0.4, 0.5) is 0 Å². The minimum Gasteiger partial charge on any atom is -0.403 e. The Morgan fingerprint density at radius 3 is 2.28 bits per heavy atom. The van der Waals surface area contributed by atoms with Crippen LogP contribution in [0.1, 0.15) is 0 Å². The van der Waals surface area contributed by atoms with Crippen LogP contribution < -0.4 is 4.52 Å². The van der Waals surface area contributed by atoms with Gasteiger partial charge in [0.2, 0.25) is 0 Å². The monoisotopic (exact) mass is 264 g/mol. The first-order valence-corrected chi connectivity index (χ1v) is 6.84. The molecular weight excluding hydrogens is 251 g/mol. The van der Waals surface area contributed by atoms with Crippen LogP contribution in [0.25, 0.3) is 11.1 Å². The van der Waals surface area contributed by atoms with Gasteiger partial charge in [-0.2, -0.15) is 0 Å². The van der Waals surface area contributed by atoms with Gasteiger partial charge in [-0.05, 0) is 11.6 Å². The van der Waals surface area contributed by atoms with Crippen molar-refractivity contribution in [2.24, 2.45) is 0 Å². The molecule has 2 aromatic rings. The summed E-state index contributed by atoms with van der Waals surface area (Å²) in [6, 6.07) is 16.5. The highest BCUT2D eigenvalue weighted by Gasteiger charge is 2.22. The van der Waals surface area contributed by atoms with Gasteiger partial charge in [-0.1, -0.05) is 48.5 Å². The molecule has 94 valence electrons. The Morgan fingerprint density at radius 1 is 1.00 bits per heavy atom. The van der Waals surface area contributed by atoms with E-state index in [4.69, 9.17) is 4.52 Å². The van der Waals surface area contributed by atoms with E-state index in [1.165, 1.54) is 0 Å². The van der Waals surface area contributed by atoms with Crippen molar-refractivity contribution < 1.29 is 18.5 Å². The fourth-order valence-electron chi connectivity index (χ4n) is 1.56. The second-order valence-corrected chi connectivity index (χ2v) is 5.09. The lowest BCUT2D eigenvalue weighted by Crippen LogP contribution is -1.95. The van der Waals surface area contributed by atoms with E-state index in [-0.39, 0.29) is 0 Å². The molecule has 5 heteroatoms. The van der Waals surface area contributed by atoms with Gasteiger partial charge < -0.3 is 4.52 Å². The lowest BCUT2D eigenvalue weighted by Gasteiger charge is -2.13. The molecule has 0 radical (unpaired) electrons. The lowest BCUT2D eigenvalue weighted by molar-refractivity contribution is 0.243. The zero-order chi connectivity index (χ0) is 13.0. The lowest BCUT2D eigenvalue weighted by atomic mass is 10.1. The van der Waals surface area contributed by atoms with Gasteiger partial charge in [0.05, 0.1) is 0 Å². The normalized spacial score (nSPS) is 13.9. The van der Waals surface area contributed by atoms with Crippen LogP contribution in [0.2, 0.25) is 0 Å². The molecule has 1 unspecified atom stereocenters. The fourth-order valence-corrected chi connectivity index (χ4v) is 2.05. The van der Waals surface area contributed by atoms with Crippen LogP contribution in [-0.2, 0) is 9.09 Å². The summed E-state index contributed by atoms with van der Waals surface area (Å²) in [4.78, 5) is 9.36. The summed E-state index contributed by atoms with van der Waals surface area (Å²) in [5, 5.41) is 0. The minimum absolute atomic E-state index is 0.316. The van der Waals surface area contributed by atoms with E-state index in [0.717, 1.165) is 18.2 Å². The SMILES string of the molecule is COP(=O)(O)Oc1ccccc1-c1ccccc1. The van der Waals surface area contributed by atoms with Crippen LogP contribution in [0.5, 0.6) is 5.75 Å². The summed E-state index contributed by atoms with van der Waals surface area (Å²) in [6.45, 7) is 0. The molecule has 0 aliphatic carbocycles. The summed E-state index contributed by atoms with van der Waals surface area (Å²) in [5.41, 5.74) is 1.65. The van der Waals surface area contributed by atoms with Crippen molar-refractivity contribution in [3.63, 3.8) is 0 Å². The molecule has 0 aliphatic heterocycles. The minimum atomic E-state index is -4.04. The molecule has 0 spiro atoms. The third-order valence-electron chi connectivity index (χ3n) is 2.42. The predicted octanol–water partition coefficient (Wildman–Crippen LogP) is 3.48. The molecule has 0 saturated carbocycles. The molecule has 0 amide bonds. The summed E-state index contributed by atoms with van der Waals surface area (Å²) >= 11 is 0. The second-order valence-electron chi connectivity index (χ2n) is 3.60. The third-order valence-corrected chi connectivity index (χ3v) is 3.31. The van der Waals surface area contributed by atoms with E-state index in [1.54, 1.807) is 12.1 Å². The van der Waals surface area contributed by atoms with Gasteiger partial charge in [-0.15, -0.1) is 0 Å². The van der Waals surface area contributed by atoms with Gasteiger partial charge in [-0.3, -0.25) is 9.42 Å². The van der Waals surface area contributed by atoms with Crippen molar-refractivity contribution in [2.45, 2.75) is 0 Å². The van der Waals surface area contributed by atoms with Gasteiger partial charge in [0.15, 0.2) is 0 Å². The molecule has 0 saturated heterocycles. The average molecular weight is 264 g/mol. The van der Waals surface area contributed by atoms with Gasteiger partial charge >= 0.3 is 7.82 Å². The van der Waals surface area contributed by atoms with Gasteiger partial charge in [0, 0.05) is 12.7 Å². The van der Waals surface area contributed by atoms with Crippen LogP contribution in [0, 0.1) is 0 Å². The molecule has 2 rings (SSSR count). The molecule has 0 heterocycles. The molecule has 0 bridgehead atoms. The average Bonchev–Trinajstić information content (AvgIpc) is 2.40. The Kier molecular flexibility index (Phi) is 3.82. The predicted molar refractivity (Wildman–Crippen MR) is 69.3 cm³/mol. The van der Waals surface area contributed by atoms with Crippen molar-refractivity contribution >= 4 is 7.82 Å². The van der Waals surface area contributed by atoms with E-state index in [2.05, 4.69) is 4.52 Å². The maximum absolute atomic E-state index is 11.4. The van der Waals surface area contributed by atoms with E-state index >= 15 is 0 Å². The van der Waals surface area contributed by atoms with Crippen molar-refractivity contribution in [1.82, 2.24) is 0 Å². The number of hydrogen-bond donors (Lipinski definition) is 1. The van der Waals surface area contributed by atoms with Crippen LogP contribution >= 0.6 is 7.82 Å². The zero-order valence-corrected chi connectivity index (χ0v) is 10.7. The highest BCUT2D eigenvalue weighted by molar-refractivity contribution is 7.47. The van der Waals surface area contributed by atoms with E-state index in [1.807, 2.05) is 42.5 Å². The highest BCUT2D eigenvalue weighted by atomic mass is 31.2. The number of phosphoric acid groups is 1. The van der Waals surface area contributed by atoms with Crippen molar-refractivity contribution in [3.8, 4) is 16.9 Å². The molecular formula is C13H13O4P. The highest BCUT2D eigenvalue weighted by Crippen LogP contribution is 2.45. The summed E-state index contributed by atoms with van der Waals surface area (Å²) in [6.07, 6.45) is 0. The topological polar surface area (TPSA) is 55.8 Å². The maximum Gasteiger partial charge on any atom is 0.527 e. The molecule has 1 N–H and O–H groups in total. The second kappa shape index (κ2) is 5.36. The summed E-state index contributed by atoms with van der Waals surface area (Å²) in [7, 11) is -2.91.